The van der Waals surface area contributed by atoms with Crippen molar-refractivity contribution in [1.29, 1.82) is 0 Å². The maximum Gasteiger partial charge on any atom is 0.360 e. The molecule has 0 bridgehead atoms. The summed E-state index contributed by atoms with van der Waals surface area (Å²) in [6.45, 7) is 4.55. The standard InChI is InChI=1S/C13H15N3O3S/c1-3-18-10-6-5-9(7-14-10)16-12-11(15-8-20-12)13(17)19-4-2/h5-8,16H,3-4H2,1-2H3. The van der Waals surface area contributed by atoms with Gasteiger partial charge in [0.05, 0.1) is 30.6 Å². The van der Waals surface area contributed by atoms with E-state index in [0.29, 0.717) is 24.1 Å². The number of hydrogen-bond acceptors (Lipinski definition) is 7. The number of nitrogens with one attached hydrogen (secondary N) is 1. The van der Waals surface area contributed by atoms with Gasteiger partial charge in [-0.15, -0.1) is 11.3 Å². The predicted molar refractivity (Wildman–Crippen MR) is 76.8 cm³/mol. The Hall–Kier alpha value is -2.15. The third-order valence-corrected chi connectivity index (χ3v) is 3.06. The number of carbonyl (C=O) groups is 1. The summed E-state index contributed by atoms with van der Waals surface area (Å²) in [6, 6.07) is 3.59. The Morgan fingerprint density at radius 2 is 2.15 bits per heavy atom. The molecule has 0 atom stereocenters. The normalized spacial score (nSPS) is 10.1. The lowest BCUT2D eigenvalue weighted by Crippen LogP contribution is -2.07. The fraction of sp³-hybridized carbons (Fsp3) is 0.308. The number of pyridine rings is 1. The van der Waals surface area contributed by atoms with Crippen LogP contribution in [0.4, 0.5) is 10.7 Å². The Morgan fingerprint density at radius 1 is 1.30 bits per heavy atom. The molecule has 20 heavy (non-hydrogen) atoms. The molecule has 0 radical (unpaired) electrons. The van der Waals surface area contributed by atoms with E-state index in [2.05, 4.69) is 15.3 Å². The van der Waals surface area contributed by atoms with Gasteiger partial charge in [0, 0.05) is 6.07 Å². The van der Waals surface area contributed by atoms with Gasteiger partial charge in [0.15, 0.2) is 5.69 Å². The summed E-state index contributed by atoms with van der Waals surface area (Å²) in [5.41, 5.74) is 2.63. The van der Waals surface area contributed by atoms with Crippen LogP contribution in [0.2, 0.25) is 0 Å². The summed E-state index contributed by atoms with van der Waals surface area (Å²) in [5, 5.41) is 3.73. The predicted octanol–water partition coefficient (Wildman–Crippen LogP) is 2.86. The zero-order chi connectivity index (χ0) is 14.4. The lowest BCUT2D eigenvalue weighted by atomic mass is 10.4. The molecule has 1 N–H and O–H groups in total. The van der Waals surface area contributed by atoms with Crippen LogP contribution in [-0.2, 0) is 4.74 Å². The van der Waals surface area contributed by atoms with Crippen molar-refractivity contribution < 1.29 is 14.3 Å². The molecule has 0 aromatic carbocycles. The molecule has 0 aliphatic rings. The Morgan fingerprint density at radius 3 is 2.80 bits per heavy atom. The molecule has 0 aliphatic heterocycles. The fourth-order valence-electron chi connectivity index (χ4n) is 1.50. The molecule has 2 aromatic rings. The molecular formula is C13H15N3O3S. The van der Waals surface area contributed by atoms with Crippen molar-refractivity contribution in [3.63, 3.8) is 0 Å². The minimum atomic E-state index is -0.435. The van der Waals surface area contributed by atoms with E-state index >= 15 is 0 Å². The summed E-state index contributed by atoms with van der Waals surface area (Å²) >= 11 is 1.33. The lowest BCUT2D eigenvalue weighted by molar-refractivity contribution is 0.0521. The van der Waals surface area contributed by atoms with Crippen molar-refractivity contribution >= 4 is 28.0 Å². The van der Waals surface area contributed by atoms with Crippen molar-refractivity contribution in [1.82, 2.24) is 9.97 Å². The molecule has 0 fully saturated rings. The lowest BCUT2D eigenvalue weighted by Gasteiger charge is -2.07. The van der Waals surface area contributed by atoms with Gasteiger partial charge >= 0.3 is 5.97 Å². The van der Waals surface area contributed by atoms with Gasteiger partial charge < -0.3 is 14.8 Å². The molecule has 6 nitrogen and oxygen atoms in total. The SMILES string of the molecule is CCOC(=O)c1ncsc1Nc1ccc(OCC)nc1. The van der Waals surface area contributed by atoms with Gasteiger partial charge in [0.1, 0.15) is 5.00 Å². The number of carbonyl (C=O) groups excluding carboxylic acids is 1. The smallest absolute Gasteiger partial charge is 0.360 e. The van der Waals surface area contributed by atoms with Crippen LogP contribution < -0.4 is 10.1 Å². The van der Waals surface area contributed by atoms with Gasteiger partial charge in [0.25, 0.3) is 0 Å². The molecule has 0 saturated heterocycles. The van der Waals surface area contributed by atoms with E-state index in [1.165, 1.54) is 11.3 Å². The van der Waals surface area contributed by atoms with Crippen molar-refractivity contribution in [2.24, 2.45) is 0 Å². The zero-order valence-electron chi connectivity index (χ0n) is 11.3. The van der Waals surface area contributed by atoms with Gasteiger partial charge in [-0.25, -0.2) is 14.8 Å². The second-order valence-electron chi connectivity index (χ2n) is 3.69. The van der Waals surface area contributed by atoms with E-state index < -0.39 is 5.97 Å². The molecule has 2 rings (SSSR count). The number of hydrogen-bond donors (Lipinski definition) is 1. The first-order chi connectivity index (χ1) is 9.74. The van der Waals surface area contributed by atoms with E-state index in [9.17, 15) is 4.79 Å². The van der Waals surface area contributed by atoms with Crippen LogP contribution in [0, 0.1) is 0 Å². The van der Waals surface area contributed by atoms with Gasteiger partial charge in [-0.2, -0.15) is 0 Å². The van der Waals surface area contributed by atoms with Crippen LogP contribution in [0.1, 0.15) is 24.3 Å². The van der Waals surface area contributed by atoms with Crippen molar-refractivity contribution in [2.45, 2.75) is 13.8 Å². The molecule has 0 saturated carbocycles. The van der Waals surface area contributed by atoms with Crippen LogP contribution in [-0.4, -0.2) is 29.2 Å². The molecule has 0 amide bonds. The van der Waals surface area contributed by atoms with Gasteiger partial charge in [-0.3, -0.25) is 0 Å². The molecule has 2 aromatic heterocycles. The number of ether oxygens (including phenoxy) is 2. The molecule has 7 heteroatoms. The summed E-state index contributed by atoms with van der Waals surface area (Å²) in [5.74, 6) is 0.128. The fourth-order valence-corrected chi connectivity index (χ4v) is 2.19. The van der Waals surface area contributed by atoms with Crippen LogP contribution in [0.15, 0.2) is 23.8 Å². The average Bonchev–Trinajstić information content (AvgIpc) is 2.90. The zero-order valence-corrected chi connectivity index (χ0v) is 12.1. The Balaban J connectivity index is 2.10. The highest BCUT2D eigenvalue weighted by Crippen LogP contribution is 2.25. The van der Waals surface area contributed by atoms with Crippen LogP contribution >= 0.6 is 11.3 Å². The van der Waals surface area contributed by atoms with Crippen LogP contribution in [0.5, 0.6) is 5.88 Å². The maximum absolute atomic E-state index is 11.7. The maximum atomic E-state index is 11.7. The summed E-state index contributed by atoms with van der Waals surface area (Å²) < 4.78 is 10.2. The monoisotopic (exact) mass is 293 g/mol. The van der Waals surface area contributed by atoms with Crippen molar-refractivity contribution in [3.8, 4) is 5.88 Å². The largest absolute Gasteiger partial charge is 0.478 e. The van der Waals surface area contributed by atoms with Gasteiger partial charge in [-0.05, 0) is 19.9 Å². The Kier molecular flexibility index (Phi) is 4.89. The van der Waals surface area contributed by atoms with Gasteiger partial charge in [-0.1, -0.05) is 0 Å². The number of aromatic nitrogens is 2. The van der Waals surface area contributed by atoms with E-state index in [4.69, 9.17) is 9.47 Å². The molecule has 106 valence electrons. The topological polar surface area (TPSA) is 73.3 Å². The molecule has 0 aliphatic carbocycles. The second kappa shape index (κ2) is 6.85. The highest BCUT2D eigenvalue weighted by atomic mass is 32.1. The van der Waals surface area contributed by atoms with Gasteiger partial charge in [0.2, 0.25) is 5.88 Å². The third kappa shape index (κ3) is 3.45. The average molecular weight is 293 g/mol. The Bertz CT molecular complexity index is 568. The first-order valence-corrected chi connectivity index (χ1v) is 7.09. The van der Waals surface area contributed by atoms with E-state index in [1.54, 1.807) is 24.7 Å². The number of thiazole rings is 1. The number of rotatable bonds is 6. The van der Waals surface area contributed by atoms with E-state index in [1.807, 2.05) is 13.0 Å². The number of nitrogens with zero attached hydrogens (tertiary/aromatic N) is 2. The second-order valence-corrected chi connectivity index (χ2v) is 4.55. The summed E-state index contributed by atoms with van der Waals surface area (Å²) in [4.78, 5) is 19.9. The molecular weight excluding hydrogens is 278 g/mol. The summed E-state index contributed by atoms with van der Waals surface area (Å²) in [6.07, 6.45) is 1.64. The number of esters is 1. The molecule has 0 spiro atoms. The highest BCUT2D eigenvalue weighted by molar-refractivity contribution is 7.14. The van der Waals surface area contributed by atoms with Crippen LogP contribution in [0.3, 0.4) is 0 Å². The van der Waals surface area contributed by atoms with E-state index in [-0.39, 0.29) is 5.69 Å². The molecule has 0 unspecified atom stereocenters. The van der Waals surface area contributed by atoms with Crippen molar-refractivity contribution in [3.05, 3.63) is 29.5 Å². The third-order valence-electron chi connectivity index (χ3n) is 2.32. The first-order valence-electron chi connectivity index (χ1n) is 6.21. The quantitative estimate of drug-likeness (QED) is 0.826. The first kappa shape index (κ1) is 14.3. The Labute approximate surface area is 120 Å². The van der Waals surface area contributed by atoms with Crippen molar-refractivity contribution in [2.75, 3.05) is 18.5 Å². The number of anilines is 2. The summed E-state index contributed by atoms with van der Waals surface area (Å²) in [7, 11) is 0. The molecule has 2 heterocycles. The minimum absolute atomic E-state index is 0.283. The highest BCUT2D eigenvalue weighted by Gasteiger charge is 2.16. The minimum Gasteiger partial charge on any atom is -0.478 e. The van der Waals surface area contributed by atoms with E-state index in [0.717, 1.165) is 5.69 Å². The van der Waals surface area contributed by atoms with Crippen LogP contribution in [0.25, 0.3) is 0 Å².